The first-order chi connectivity index (χ1) is 7.97. The summed E-state index contributed by atoms with van der Waals surface area (Å²) in [6, 6.07) is 7.35. The summed E-state index contributed by atoms with van der Waals surface area (Å²) in [6.45, 7) is 3.49. The molecule has 0 aliphatic carbocycles. The van der Waals surface area contributed by atoms with Gasteiger partial charge in [0.2, 0.25) is 0 Å². The van der Waals surface area contributed by atoms with Crippen molar-refractivity contribution in [3.05, 3.63) is 29.8 Å². The van der Waals surface area contributed by atoms with Crippen LogP contribution in [0.1, 0.15) is 12.5 Å². The van der Waals surface area contributed by atoms with Gasteiger partial charge in [-0.3, -0.25) is 4.72 Å². The third kappa shape index (κ3) is 3.99. The monoisotopic (exact) mass is 257 g/mol. The predicted octanol–water partition coefficient (Wildman–Crippen LogP) is 1.01. The van der Waals surface area contributed by atoms with Crippen molar-refractivity contribution >= 4 is 15.9 Å². The largest absolute Gasteiger partial charge is 0.313 e. The van der Waals surface area contributed by atoms with E-state index in [9.17, 15) is 8.42 Å². The van der Waals surface area contributed by atoms with Crippen molar-refractivity contribution < 1.29 is 8.42 Å². The molecule has 0 radical (unpaired) electrons. The maximum absolute atomic E-state index is 11.7. The van der Waals surface area contributed by atoms with Gasteiger partial charge in [0.05, 0.1) is 5.69 Å². The highest BCUT2D eigenvalue weighted by molar-refractivity contribution is 7.90. The van der Waals surface area contributed by atoms with E-state index >= 15 is 0 Å². The molecule has 0 aromatic heterocycles. The topological polar surface area (TPSA) is 61.4 Å². The van der Waals surface area contributed by atoms with Crippen molar-refractivity contribution in [1.82, 2.24) is 9.62 Å². The molecule has 96 valence electrons. The lowest BCUT2D eigenvalue weighted by molar-refractivity contribution is 0.526. The van der Waals surface area contributed by atoms with Crippen molar-refractivity contribution in [2.45, 2.75) is 13.5 Å². The molecule has 0 atom stereocenters. The van der Waals surface area contributed by atoms with E-state index in [1.807, 2.05) is 25.1 Å². The minimum absolute atomic E-state index is 0.613. The fourth-order valence-electron chi connectivity index (χ4n) is 1.26. The highest BCUT2D eigenvalue weighted by Crippen LogP contribution is 2.16. The van der Waals surface area contributed by atoms with Gasteiger partial charge in [-0.15, -0.1) is 0 Å². The number of hydrogen-bond acceptors (Lipinski definition) is 3. The number of nitrogens with one attached hydrogen (secondary N) is 2. The van der Waals surface area contributed by atoms with Crippen LogP contribution in [0.25, 0.3) is 0 Å². The summed E-state index contributed by atoms with van der Waals surface area (Å²) in [5.74, 6) is 0. The summed E-state index contributed by atoms with van der Waals surface area (Å²) in [5.41, 5.74) is 1.54. The zero-order chi connectivity index (χ0) is 12.9. The highest BCUT2D eigenvalue weighted by atomic mass is 32.2. The lowest BCUT2D eigenvalue weighted by Crippen LogP contribution is -2.29. The quantitative estimate of drug-likeness (QED) is 0.799. The van der Waals surface area contributed by atoms with Crippen molar-refractivity contribution in [2.75, 3.05) is 25.4 Å². The molecule has 2 N–H and O–H groups in total. The van der Waals surface area contributed by atoms with E-state index in [2.05, 4.69) is 10.0 Å². The average molecular weight is 257 g/mol. The maximum Gasteiger partial charge on any atom is 0.301 e. The smallest absolute Gasteiger partial charge is 0.301 e. The Kier molecular flexibility index (Phi) is 4.92. The van der Waals surface area contributed by atoms with Gasteiger partial charge in [-0.2, -0.15) is 12.7 Å². The minimum Gasteiger partial charge on any atom is -0.313 e. The van der Waals surface area contributed by atoms with E-state index in [1.54, 1.807) is 6.07 Å². The van der Waals surface area contributed by atoms with Gasteiger partial charge in [0, 0.05) is 20.6 Å². The van der Waals surface area contributed by atoms with Crippen LogP contribution in [0.4, 0.5) is 5.69 Å². The van der Waals surface area contributed by atoms with Crippen LogP contribution in [-0.4, -0.2) is 33.4 Å². The molecular weight excluding hydrogens is 238 g/mol. The summed E-state index contributed by atoms with van der Waals surface area (Å²) in [7, 11) is -0.453. The molecule has 0 aliphatic rings. The van der Waals surface area contributed by atoms with Crippen molar-refractivity contribution in [2.24, 2.45) is 0 Å². The third-order valence-electron chi connectivity index (χ3n) is 2.30. The SMILES string of the molecule is CCNCc1ccccc1NS(=O)(=O)N(C)C. The second kappa shape index (κ2) is 6.00. The first kappa shape index (κ1) is 14.0. The van der Waals surface area contributed by atoms with Crippen LogP contribution < -0.4 is 10.0 Å². The Morgan fingerprint density at radius 2 is 1.88 bits per heavy atom. The van der Waals surface area contributed by atoms with Crippen molar-refractivity contribution in [3.8, 4) is 0 Å². The first-order valence-electron chi connectivity index (χ1n) is 5.46. The summed E-state index contributed by atoms with van der Waals surface area (Å²) in [4.78, 5) is 0. The van der Waals surface area contributed by atoms with Crippen LogP contribution in [0.5, 0.6) is 0 Å². The number of rotatable bonds is 6. The summed E-state index contributed by atoms with van der Waals surface area (Å²) in [5, 5.41) is 3.17. The molecule has 5 nitrogen and oxygen atoms in total. The summed E-state index contributed by atoms with van der Waals surface area (Å²) in [6.07, 6.45) is 0. The predicted molar refractivity (Wildman–Crippen MR) is 70.1 cm³/mol. The number of anilines is 1. The highest BCUT2D eigenvalue weighted by Gasteiger charge is 2.14. The van der Waals surface area contributed by atoms with E-state index in [0.717, 1.165) is 16.4 Å². The van der Waals surface area contributed by atoms with Gasteiger partial charge in [0.1, 0.15) is 0 Å². The fourth-order valence-corrected chi connectivity index (χ4v) is 1.92. The van der Waals surface area contributed by atoms with Crippen LogP contribution in [0.15, 0.2) is 24.3 Å². The minimum atomic E-state index is -3.44. The summed E-state index contributed by atoms with van der Waals surface area (Å²) < 4.78 is 27.1. The molecule has 17 heavy (non-hydrogen) atoms. The molecule has 0 saturated carbocycles. The van der Waals surface area contributed by atoms with Crippen LogP contribution in [-0.2, 0) is 16.8 Å². The van der Waals surface area contributed by atoms with Crippen molar-refractivity contribution in [1.29, 1.82) is 0 Å². The van der Waals surface area contributed by atoms with E-state index in [4.69, 9.17) is 0 Å². The molecule has 1 aromatic carbocycles. The van der Waals surface area contributed by atoms with Crippen molar-refractivity contribution in [3.63, 3.8) is 0 Å². The lowest BCUT2D eigenvalue weighted by Gasteiger charge is -2.16. The van der Waals surface area contributed by atoms with Crippen LogP contribution in [0, 0.1) is 0 Å². The van der Waals surface area contributed by atoms with Gasteiger partial charge in [-0.1, -0.05) is 25.1 Å². The Labute approximate surface area is 103 Å². The molecule has 0 amide bonds. The molecular formula is C11H19N3O2S. The Morgan fingerprint density at radius 3 is 2.47 bits per heavy atom. The normalized spacial score (nSPS) is 11.8. The number of nitrogens with zero attached hydrogens (tertiary/aromatic N) is 1. The van der Waals surface area contributed by atoms with Crippen LogP contribution >= 0.6 is 0 Å². The first-order valence-corrected chi connectivity index (χ1v) is 6.90. The standard InChI is InChI=1S/C11H19N3O2S/c1-4-12-9-10-7-5-6-8-11(10)13-17(15,16)14(2)3/h5-8,12-13H,4,9H2,1-3H3. The zero-order valence-corrected chi connectivity index (χ0v) is 11.2. The van der Waals surface area contributed by atoms with Gasteiger partial charge >= 0.3 is 10.2 Å². The lowest BCUT2D eigenvalue weighted by atomic mass is 10.2. The maximum atomic E-state index is 11.7. The number of benzene rings is 1. The average Bonchev–Trinajstić information content (AvgIpc) is 2.27. The van der Waals surface area contributed by atoms with E-state index in [1.165, 1.54) is 14.1 Å². The van der Waals surface area contributed by atoms with Gasteiger partial charge < -0.3 is 5.32 Å². The molecule has 0 unspecified atom stereocenters. The molecule has 0 spiro atoms. The summed E-state index contributed by atoms with van der Waals surface area (Å²) >= 11 is 0. The molecule has 0 fully saturated rings. The fraction of sp³-hybridized carbons (Fsp3) is 0.455. The molecule has 6 heteroatoms. The Hall–Kier alpha value is -1.11. The van der Waals surface area contributed by atoms with E-state index < -0.39 is 10.2 Å². The van der Waals surface area contributed by atoms with Crippen LogP contribution in [0.2, 0.25) is 0 Å². The van der Waals surface area contributed by atoms with E-state index in [-0.39, 0.29) is 0 Å². The molecule has 0 bridgehead atoms. The van der Waals surface area contributed by atoms with Gasteiger partial charge in [-0.25, -0.2) is 0 Å². The van der Waals surface area contributed by atoms with E-state index in [0.29, 0.717) is 12.2 Å². The Morgan fingerprint density at radius 1 is 1.24 bits per heavy atom. The zero-order valence-electron chi connectivity index (χ0n) is 10.4. The van der Waals surface area contributed by atoms with Gasteiger partial charge in [0.15, 0.2) is 0 Å². The van der Waals surface area contributed by atoms with Gasteiger partial charge in [-0.05, 0) is 18.2 Å². The second-order valence-corrected chi connectivity index (χ2v) is 5.71. The molecule has 1 aromatic rings. The van der Waals surface area contributed by atoms with Gasteiger partial charge in [0.25, 0.3) is 0 Å². The molecule has 0 saturated heterocycles. The molecule has 0 aliphatic heterocycles. The second-order valence-electron chi connectivity index (χ2n) is 3.83. The molecule has 1 rings (SSSR count). The van der Waals surface area contributed by atoms with Crippen LogP contribution in [0.3, 0.4) is 0 Å². The Bertz CT molecular complexity index is 458. The number of hydrogen-bond donors (Lipinski definition) is 2. The number of para-hydroxylation sites is 1. The third-order valence-corrected chi connectivity index (χ3v) is 3.74. The Balaban J connectivity index is 2.91. The molecule has 0 heterocycles.